The molecule has 0 spiro atoms. The van der Waals surface area contributed by atoms with E-state index in [0.29, 0.717) is 5.69 Å². The number of carbonyl (C=O) groups is 2. The molecule has 0 atom stereocenters. The van der Waals surface area contributed by atoms with E-state index >= 15 is 0 Å². The molecule has 0 aromatic heterocycles. The monoisotopic (exact) mass is 370 g/mol. The SMILES string of the molecule is O=C(COC(=O)c1ccc(F)cc1)Nc1ccc(N2CCCCCC2)cc1. The fraction of sp³-hybridized carbons (Fsp3) is 0.333. The molecule has 1 heterocycles. The predicted octanol–water partition coefficient (Wildman–Crippen LogP) is 4.00. The second-order valence-corrected chi connectivity index (χ2v) is 6.58. The largest absolute Gasteiger partial charge is 0.452 e. The summed E-state index contributed by atoms with van der Waals surface area (Å²) in [6, 6.07) is 12.6. The van der Waals surface area contributed by atoms with E-state index in [1.54, 1.807) is 0 Å². The zero-order valence-corrected chi connectivity index (χ0v) is 15.1. The molecule has 1 amide bonds. The molecule has 2 aromatic rings. The number of hydrogen-bond acceptors (Lipinski definition) is 4. The number of nitrogens with one attached hydrogen (secondary N) is 1. The number of ether oxygens (including phenoxy) is 1. The molecule has 1 aliphatic rings. The van der Waals surface area contributed by atoms with Crippen molar-refractivity contribution in [1.29, 1.82) is 0 Å². The zero-order chi connectivity index (χ0) is 19.1. The van der Waals surface area contributed by atoms with Gasteiger partial charge in [0, 0.05) is 24.5 Å². The number of esters is 1. The molecule has 0 radical (unpaired) electrons. The number of carbonyl (C=O) groups excluding carboxylic acids is 2. The van der Waals surface area contributed by atoms with E-state index in [1.165, 1.54) is 49.9 Å². The van der Waals surface area contributed by atoms with Crippen molar-refractivity contribution in [2.45, 2.75) is 25.7 Å². The summed E-state index contributed by atoms with van der Waals surface area (Å²) in [6.45, 7) is 1.72. The molecule has 27 heavy (non-hydrogen) atoms. The highest BCUT2D eigenvalue weighted by Crippen LogP contribution is 2.21. The molecule has 1 saturated heterocycles. The summed E-state index contributed by atoms with van der Waals surface area (Å²) in [5.41, 5.74) is 2.00. The van der Waals surface area contributed by atoms with Crippen LogP contribution in [0.15, 0.2) is 48.5 Å². The fourth-order valence-electron chi connectivity index (χ4n) is 3.08. The number of amides is 1. The molecule has 0 aliphatic carbocycles. The molecule has 5 nitrogen and oxygen atoms in total. The Balaban J connectivity index is 1.48. The van der Waals surface area contributed by atoms with E-state index in [4.69, 9.17) is 4.74 Å². The van der Waals surface area contributed by atoms with Crippen LogP contribution in [-0.4, -0.2) is 31.6 Å². The van der Waals surface area contributed by atoms with Gasteiger partial charge < -0.3 is 15.0 Å². The quantitative estimate of drug-likeness (QED) is 0.808. The summed E-state index contributed by atoms with van der Waals surface area (Å²) in [4.78, 5) is 26.2. The zero-order valence-electron chi connectivity index (χ0n) is 15.1. The highest BCUT2D eigenvalue weighted by atomic mass is 19.1. The van der Waals surface area contributed by atoms with Gasteiger partial charge >= 0.3 is 5.97 Å². The van der Waals surface area contributed by atoms with Crippen LogP contribution in [0.3, 0.4) is 0 Å². The first-order valence-corrected chi connectivity index (χ1v) is 9.19. The molecule has 2 aromatic carbocycles. The van der Waals surface area contributed by atoms with Crippen LogP contribution in [0, 0.1) is 5.82 Å². The van der Waals surface area contributed by atoms with E-state index in [2.05, 4.69) is 10.2 Å². The molecule has 0 unspecified atom stereocenters. The minimum absolute atomic E-state index is 0.200. The number of hydrogen-bond donors (Lipinski definition) is 1. The number of anilines is 2. The van der Waals surface area contributed by atoms with Gasteiger partial charge in [0.25, 0.3) is 5.91 Å². The minimum Gasteiger partial charge on any atom is -0.452 e. The van der Waals surface area contributed by atoms with E-state index in [1.807, 2.05) is 24.3 Å². The van der Waals surface area contributed by atoms with Crippen LogP contribution in [0.5, 0.6) is 0 Å². The highest BCUT2D eigenvalue weighted by Gasteiger charge is 2.12. The van der Waals surface area contributed by atoms with Crippen molar-refractivity contribution in [2.24, 2.45) is 0 Å². The maximum Gasteiger partial charge on any atom is 0.338 e. The third kappa shape index (κ3) is 5.54. The maximum absolute atomic E-state index is 12.9. The van der Waals surface area contributed by atoms with Gasteiger partial charge in [0.05, 0.1) is 5.56 Å². The smallest absolute Gasteiger partial charge is 0.338 e. The van der Waals surface area contributed by atoms with Crippen LogP contribution in [0.2, 0.25) is 0 Å². The lowest BCUT2D eigenvalue weighted by molar-refractivity contribution is -0.119. The highest BCUT2D eigenvalue weighted by molar-refractivity contribution is 5.95. The Morgan fingerprint density at radius 3 is 2.19 bits per heavy atom. The van der Waals surface area contributed by atoms with Crippen LogP contribution >= 0.6 is 0 Å². The van der Waals surface area contributed by atoms with Crippen LogP contribution in [-0.2, 0) is 9.53 Å². The Hall–Kier alpha value is -2.89. The van der Waals surface area contributed by atoms with Gasteiger partial charge in [-0.25, -0.2) is 9.18 Å². The first kappa shape index (κ1) is 18.9. The van der Waals surface area contributed by atoms with Crippen molar-refractivity contribution in [3.05, 3.63) is 59.9 Å². The Kier molecular flexibility index (Phi) is 6.41. The molecule has 1 aliphatic heterocycles. The molecule has 6 heteroatoms. The molecular weight excluding hydrogens is 347 g/mol. The predicted molar refractivity (Wildman–Crippen MR) is 102 cm³/mol. The second kappa shape index (κ2) is 9.16. The van der Waals surface area contributed by atoms with Crippen molar-refractivity contribution in [3.63, 3.8) is 0 Å². The second-order valence-electron chi connectivity index (χ2n) is 6.58. The Morgan fingerprint density at radius 1 is 0.926 bits per heavy atom. The summed E-state index contributed by atoms with van der Waals surface area (Å²) in [7, 11) is 0. The van der Waals surface area contributed by atoms with Gasteiger partial charge in [-0.15, -0.1) is 0 Å². The van der Waals surface area contributed by atoms with Crippen molar-refractivity contribution in [3.8, 4) is 0 Å². The number of nitrogens with zero attached hydrogens (tertiary/aromatic N) is 1. The van der Waals surface area contributed by atoms with Crippen LogP contribution in [0.25, 0.3) is 0 Å². The summed E-state index contributed by atoms with van der Waals surface area (Å²) in [5.74, 6) is -1.53. The Labute approximate surface area is 158 Å². The molecule has 142 valence electrons. The van der Waals surface area contributed by atoms with Crippen molar-refractivity contribution in [2.75, 3.05) is 29.9 Å². The molecule has 3 rings (SSSR count). The lowest BCUT2D eigenvalue weighted by atomic mass is 10.2. The Morgan fingerprint density at radius 2 is 1.56 bits per heavy atom. The molecule has 0 bridgehead atoms. The molecule has 0 saturated carbocycles. The summed E-state index contributed by atoms with van der Waals surface area (Å²) >= 11 is 0. The van der Waals surface area contributed by atoms with Gasteiger partial charge in [-0.1, -0.05) is 12.8 Å². The lowest BCUT2D eigenvalue weighted by Crippen LogP contribution is -2.24. The number of rotatable bonds is 5. The summed E-state index contributed by atoms with van der Waals surface area (Å²) < 4.78 is 17.8. The van der Waals surface area contributed by atoms with E-state index in [9.17, 15) is 14.0 Å². The average molecular weight is 370 g/mol. The fourth-order valence-corrected chi connectivity index (χ4v) is 3.08. The lowest BCUT2D eigenvalue weighted by Gasteiger charge is -2.22. The van der Waals surface area contributed by atoms with Gasteiger partial charge in [-0.05, 0) is 61.4 Å². The van der Waals surface area contributed by atoms with Gasteiger partial charge in [0.15, 0.2) is 6.61 Å². The number of benzene rings is 2. The normalized spacial score (nSPS) is 14.3. The van der Waals surface area contributed by atoms with Crippen LogP contribution in [0.4, 0.5) is 15.8 Å². The van der Waals surface area contributed by atoms with Crippen molar-refractivity contribution < 1.29 is 18.7 Å². The van der Waals surface area contributed by atoms with E-state index < -0.39 is 24.3 Å². The third-order valence-electron chi connectivity index (χ3n) is 4.54. The van der Waals surface area contributed by atoms with E-state index in [-0.39, 0.29) is 5.56 Å². The minimum atomic E-state index is -0.665. The topological polar surface area (TPSA) is 58.6 Å². The molecule has 1 N–H and O–H groups in total. The standard InChI is InChI=1S/C21H23FN2O3/c22-17-7-5-16(6-8-17)21(26)27-15-20(25)23-18-9-11-19(12-10-18)24-13-3-1-2-4-14-24/h5-12H,1-4,13-15H2,(H,23,25). The van der Waals surface area contributed by atoms with E-state index in [0.717, 1.165) is 18.8 Å². The first-order valence-electron chi connectivity index (χ1n) is 9.19. The summed E-state index contributed by atoms with van der Waals surface area (Å²) in [6.07, 6.45) is 4.97. The molecule has 1 fully saturated rings. The molecular formula is C21H23FN2O3. The van der Waals surface area contributed by atoms with Gasteiger partial charge in [0.1, 0.15) is 5.82 Å². The maximum atomic E-state index is 12.9. The van der Waals surface area contributed by atoms with Gasteiger partial charge in [0.2, 0.25) is 0 Å². The van der Waals surface area contributed by atoms with Gasteiger partial charge in [-0.2, -0.15) is 0 Å². The Bertz CT molecular complexity index is 767. The van der Waals surface area contributed by atoms with Gasteiger partial charge in [-0.3, -0.25) is 4.79 Å². The first-order chi connectivity index (χ1) is 13.1. The third-order valence-corrected chi connectivity index (χ3v) is 4.54. The van der Waals surface area contributed by atoms with Crippen molar-refractivity contribution >= 4 is 23.3 Å². The summed E-state index contributed by atoms with van der Waals surface area (Å²) in [5, 5.41) is 2.71. The number of halogens is 1. The average Bonchev–Trinajstić information content (AvgIpc) is 2.97. The van der Waals surface area contributed by atoms with Crippen LogP contribution in [0.1, 0.15) is 36.0 Å². The van der Waals surface area contributed by atoms with Crippen molar-refractivity contribution in [1.82, 2.24) is 0 Å². The van der Waals surface area contributed by atoms with Crippen LogP contribution < -0.4 is 10.2 Å².